The third-order valence-electron chi connectivity index (χ3n) is 3.97. The predicted molar refractivity (Wildman–Crippen MR) is 86.8 cm³/mol. The van der Waals surface area contributed by atoms with E-state index in [2.05, 4.69) is 4.98 Å². The first-order valence-corrected chi connectivity index (χ1v) is 7.82. The molecule has 2 heterocycles. The van der Waals surface area contributed by atoms with Crippen molar-refractivity contribution in [1.82, 2.24) is 9.55 Å². The Labute approximate surface area is 138 Å². The second-order valence-electron chi connectivity index (χ2n) is 5.60. The Bertz CT molecular complexity index is 787. The first-order chi connectivity index (χ1) is 11.1. The lowest BCUT2D eigenvalue weighted by Crippen LogP contribution is -2.24. The summed E-state index contributed by atoms with van der Waals surface area (Å²) in [6.07, 6.45) is 0.579. The van der Waals surface area contributed by atoms with Gasteiger partial charge in [0.15, 0.2) is 4.77 Å². The monoisotopic (exact) mass is 334 g/mol. The Morgan fingerprint density at radius 3 is 2.74 bits per heavy atom. The summed E-state index contributed by atoms with van der Waals surface area (Å²) in [5, 5.41) is 19.1. The summed E-state index contributed by atoms with van der Waals surface area (Å²) in [5.41, 5.74) is 1.35. The molecule has 0 spiro atoms. The number of aliphatic hydroxyl groups excluding tert-OH is 2. The number of benzene rings is 1. The van der Waals surface area contributed by atoms with Gasteiger partial charge in [0.2, 0.25) is 0 Å². The van der Waals surface area contributed by atoms with Gasteiger partial charge in [-0.2, -0.15) is 0 Å². The molecular formula is C16H18N2O4S. The zero-order chi connectivity index (χ0) is 16.4. The molecule has 6 nitrogen and oxygen atoms in total. The molecule has 3 N–H and O–H groups in total. The number of nitrogens with zero attached hydrogens (tertiary/aromatic N) is 1. The van der Waals surface area contributed by atoms with E-state index in [-0.39, 0.29) is 16.9 Å². The van der Waals surface area contributed by atoms with Crippen LogP contribution < -0.4 is 5.56 Å². The minimum Gasteiger partial charge on any atom is -0.394 e. The highest BCUT2D eigenvalue weighted by atomic mass is 32.1. The summed E-state index contributed by atoms with van der Waals surface area (Å²) in [5.74, 6) is 0. The largest absolute Gasteiger partial charge is 0.394 e. The van der Waals surface area contributed by atoms with Crippen molar-refractivity contribution < 1.29 is 14.9 Å². The molecule has 23 heavy (non-hydrogen) atoms. The van der Waals surface area contributed by atoms with Crippen LogP contribution in [0.5, 0.6) is 0 Å². The number of rotatable bonds is 4. The summed E-state index contributed by atoms with van der Waals surface area (Å²) < 4.78 is 7.48. The second-order valence-corrected chi connectivity index (χ2v) is 5.98. The van der Waals surface area contributed by atoms with Crippen molar-refractivity contribution in [2.45, 2.75) is 31.3 Å². The molecular weight excluding hydrogens is 316 g/mol. The van der Waals surface area contributed by atoms with E-state index in [0.29, 0.717) is 18.4 Å². The van der Waals surface area contributed by atoms with Crippen molar-refractivity contribution in [2.24, 2.45) is 0 Å². The van der Waals surface area contributed by atoms with Crippen LogP contribution in [0.1, 0.15) is 23.8 Å². The highest BCUT2D eigenvalue weighted by Gasteiger charge is 2.34. The molecule has 3 atom stereocenters. The number of hydrogen-bond acceptors (Lipinski definition) is 5. The van der Waals surface area contributed by atoms with E-state index in [9.17, 15) is 15.0 Å². The van der Waals surface area contributed by atoms with Gasteiger partial charge in [-0.3, -0.25) is 14.3 Å². The molecule has 1 saturated heterocycles. The molecule has 0 bridgehead atoms. The quantitative estimate of drug-likeness (QED) is 0.730. The molecule has 3 rings (SSSR count). The van der Waals surface area contributed by atoms with Crippen LogP contribution in [0.4, 0.5) is 0 Å². The van der Waals surface area contributed by atoms with Crippen molar-refractivity contribution >= 4 is 12.2 Å². The van der Waals surface area contributed by atoms with Gasteiger partial charge < -0.3 is 14.9 Å². The van der Waals surface area contributed by atoms with Crippen LogP contribution in [0.25, 0.3) is 0 Å². The highest BCUT2D eigenvalue weighted by molar-refractivity contribution is 7.71. The van der Waals surface area contributed by atoms with Gasteiger partial charge >= 0.3 is 0 Å². The van der Waals surface area contributed by atoms with E-state index in [4.69, 9.17) is 17.0 Å². The van der Waals surface area contributed by atoms with Crippen molar-refractivity contribution in [3.05, 3.63) is 62.8 Å². The summed E-state index contributed by atoms with van der Waals surface area (Å²) in [6.45, 7) is -0.259. The molecule has 0 radical (unpaired) electrons. The fourth-order valence-electron chi connectivity index (χ4n) is 2.73. The summed E-state index contributed by atoms with van der Waals surface area (Å²) in [4.78, 5) is 14.8. The lowest BCUT2D eigenvalue weighted by atomic mass is 10.1. The molecule has 2 aromatic rings. The third kappa shape index (κ3) is 3.42. The Balaban J connectivity index is 1.92. The zero-order valence-corrected chi connectivity index (χ0v) is 13.2. The lowest BCUT2D eigenvalue weighted by Gasteiger charge is -2.16. The van der Waals surface area contributed by atoms with Crippen LogP contribution in [0.3, 0.4) is 0 Å². The minimum absolute atomic E-state index is 0.229. The SMILES string of the molecule is O=c1[nH]c(=S)n([C@H]2C[C@@H](O)[C@H](CO)O2)cc1Cc1ccccc1. The number of aromatic amines is 1. The van der Waals surface area contributed by atoms with E-state index in [1.807, 2.05) is 30.3 Å². The Morgan fingerprint density at radius 1 is 1.35 bits per heavy atom. The lowest BCUT2D eigenvalue weighted by molar-refractivity contribution is -0.0453. The average Bonchev–Trinajstić information content (AvgIpc) is 2.91. The number of ether oxygens (including phenoxy) is 1. The molecule has 1 aromatic carbocycles. The van der Waals surface area contributed by atoms with E-state index < -0.39 is 18.4 Å². The van der Waals surface area contributed by atoms with Crippen LogP contribution >= 0.6 is 12.2 Å². The molecule has 1 aliphatic rings. The predicted octanol–water partition coefficient (Wildman–Crippen LogP) is 1.14. The van der Waals surface area contributed by atoms with Gasteiger partial charge in [-0.05, 0) is 17.8 Å². The molecule has 0 unspecified atom stereocenters. The summed E-state index contributed by atoms with van der Waals surface area (Å²) >= 11 is 5.20. The first kappa shape index (κ1) is 16.1. The van der Waals surface area contributed by atoms with Gasteiger partial charge in [-0.1, -0.05) is 30.3 Å². The first-order valence-electron chi connectivity index (χ1n) is 7.41. The summed E-state index contributed by atoms with van der Waals surface area (Å²) in [7, 11) is 0. The smallest absolute Gasteiger partial charge is 0.255 e. The molecule has 1 aromatic heterocycles. The molecule has 7 heteroatoms. The van der Waals surface area contributed by atoms with E-state index >= 15 is 0 Å². The number of aliphatic hydroxyl groups is 2. The maximum Gasteiger partial charge on any atom is 0.255 e. The Hall–Kier alpha value is -1.80. The van der Waals surface area contributed by atoms with Crippen molar-refractivity contribution in [3.63, 3.8) is 0 Å². The molecule has 0 amide bonds. The number of hydrogen-bond donors (Lipinski definition) is 3. The maximum atomic E-state index is 12.1. The fraction of sp³-hybridized carbons (Fsp3) is 0.375. The van der Waals surface area contributed by atoms with Crippen molar-refractivity contribution in [1.29, 1.82) is 0 Å². The average molecular weight is 334 g/mol. The van der Waals surface area contributed by atoms with Gasteiger partial charge in [0.05, 0.1) is 12.7 Å². The normalized spacial score (nSPS) is 24.0. The topological polar surface area (TPSA) is 87.5 Å². The Morgan fingerprint density at radius 2 is 2.09 bits per heavy atom. The Kier molecular flexibility index (Phi) is 4.72. The van der Waals surface area contributed by atoms with Gasteiger partial charge in [-0.25, -0.2) is 0 Å². The maximum absolute atomic E-state index is 12.1. The highest BCUT2D eigenvalue weighted by Crippen LogP contribution is 2.28. The summed E-state index contributed by atoms with van der Waals surface area (Å²) in [6, 6.07) is 9.65. The fourth-order valence-corrected chi connectivity index (χ4v) is 3.00. The number of nitrogens with one attached hydrogen (secondary N) is 1. The van der Waals surface area contributed by atoms with E-state index in [1.54, 1.807) is 10.8 Å². The van der Waals surface area contributed by atoms with Crippen LogP contribution in [0.2, 0.25) is 0 Å². The standard InChI is InChI=1S/C16H18N2O4S/c19-9-13-12(20)7-14(22-13)18-8-11(15(21)17-16(18)23)6-10-4-2-1-3-5-10/h1-5,8,12-14,19-20H,6-7,9H2,(H,17,21,23)/t12-,13+,14-/m1/s1. The molecule has 1 fully saturated rings. The zero-order valence-electron chi connectivity index (χ0n) is 12.4. The number of H-pyrrole nitrogens is 1. The van der Waals surface area contributed by atoms with Crippen molar-refractivity contribution in [2.75, 3.05) is 6.61 Å². The van der Waals surface area contributed by atoms with Gasteiger partial charge in [0.25, 0.3) is 5.56 Å². The van der Waals surface area contributed by atoms with Crippen LogP contribution in [-0.2, 0) is 11.2 Å². The minimum atomic E-state index is -0.753. The van der Waals surface area contributed by atoms with Gasteiger partial charge in [0.1, 0.15) is 12.3 Å². The van der Waals surface area contributed by atoms with E-state index in [0.717, 1.165) is 5.56 Å². The van der Waals surface area contributed by atoms with Crippen LogP contribution in [-0.4, -0.2) is 38.6 Å². The molecule has 0 saturated carbocycles. The van der Waals surface area contributed by atoms with Gasteiger partial charge in [0, 0.05) is 24.6 Å². The van der Waals surface area contributed by atoms with Crippen LogP contribution in [0, 0.1) is 4.77 Å². The van der Waals surface area contributed by atoms with Crippen molar-refractivity contribution in [3.8, 4) is 0 Å². The van der Waals surface area contributed by atoms with Crippen LogP contribution in [0.15, 0.2) is 41.3 Å². The second kappa shape index (κ2) is 6.76. The number of aromatic nitrogens is 2. The molecule has 1 aliphatic heterocycles. The molecule has 0 aliphatic carbocycles. The third-order valence-corrected chi connectivity index (χ3v) is 4.29. The van der Waals surface area contributed by atoms with Gasteiger partial charge in [-0.15, -0.1) is 0 Å². The molecule has 122 valence electrons. The van der Waals surface area contributed by atoms with E-state index in [1.165, 1.54) is 0 Å².